The molecule has 0 amide bonds. The minimum atomic E-state index is -1.25. The van der Waals surface area contributed by atoms with Gasteiger partial charge in [0.15, 0.2) is 16.1 Å². The van der Waals surface area contributed by atoms with Crippen LogP contribution in [0.5, 0.6) is 5.75 Å². The number of nitrogens with zero attached hydrogens (tertiary/aromatic N) is 1. The number of ether oxygens (including phenoxy) is 3. The molecule has 1 aromatic heterocycles. The normalized spacial score (nSPS) is 27.7. The van der Waals surface area contributed by atoms with Gasteiger partial charge < -0.3 is 19.5 Å². The lowest BCUT2D eigenvalue weighted by Crippen LogP contribution is -2.32. The maximum atomic E-state index is 12.7. The maximum Gasteiger partial charge on any atom is 0.324 e. The van der Waals surface area contributed by atoms with Gasteiger partial charge in [0.05, 0.1) is 12.3 Å². The zero-order valence-electron chi connectivity index (χ0n) is 16.9. The van der Waals surface area contributed by atoms with E-state index >= 15 is 0 Å². The van der Waals surface area contributed by atoms with E-state index in [-0.39, 0.29) is 6.42 Å². The van der Waals surface area contributed by atoms with E-state index in [1.165, 1.54) is 11.3 Å². The summed E-state index contributed by atoms with van der Waals surface area (Å²) in [5, 5.41) is 5.78. The summed E-state index contributed by atoms with van der Waals surface area (Å²) in [7, 11) is 0. The molecule has 2 fully saturated rings. The highest BCUT2D eigenvalue weighted by molar-refractivity contribution is 7.13. The van der Waals surface area contributed by atoms with Gasteiger partial charge in [-0.15, -0.1) is 11.3 Å². The number of esters is 2. The van der Waals surface area contributed by atoms with Crippen LogP contribution in [0.3, 0.4) is 0 Å². The highest BCUT2D eigenvalue weighted by atomic mass is 32.1. The third-order valence-electron chi connectivity index (χ3n) is 5.30. The van der Waals surface area contributed by atoms with Crippen LogP contribution in [0.1, 0.15) is 46.2 Å². The molecule has 3 heterocycles. The monoisotopic (exact) mass is 416 g/mol. The number of cyclic esters (lactones) is 2. The van der Waals surface area contributed by atoms with E-state index in [0.29, 0.717) is 23.9 Å². The lowest BCUT2D eigenvalue weighted by atomic mass is 9.75. The zero-order valence-corrected chi connectivity index (χ0v) is 17.7. The molecular formula is C21H24N2O5S. The van der Waals surface area contributed by atoms with Gasteiger partial charge in [-0.25, -0.2) is 4.98 Å². The van der Waals surface area contributed by atoms with E-state index < -0.39 is 28.6 Å². The molecule has 0 saturated carbocycles. The Balaban J connectivity index is 1.52. The highest BCUT2D eigenvalue weighted by Crippen LogP contribution is 2.54. The first-order valence-corrected chi connectivity index (χ1v) is 10.5. The molecule has 0 aliphatic carbocycles. The topological polar surface area (TPSA) is 86.8 Å². The Bertz CT molecular complexity index is 954. The predicted molar refractivity (Wildman–Crippen MR) is 108 cm³/mol. The number of nitrogens with one attached hydrogen (secondary N) is 1. The van der Waals surface area contributed by atoms with E-state index in [2.05, 4.69) is 10.3 Å². The molecule has 1 aromatic carbocycles. The minimum Gasteiger partial charge on any atom is -0.494 e. The van der Waals surface area contributed by atoms with Crippen LogP contribution >= 0.6 is 11.3 Å². The standard InChI is InChI=1S/C21H24N2O5S/c1-5-26-14-8-6-13(7-9-14)22-18-23-15(10-29-18)20(4)12-21(17(25)28-20)11-19(2,3)27-16(21)24/h6-10H,5,11-12H2,1-4H3,(H,22,23). The Kier molecular flexibility index (Phi) is 4.57. The highest BCUT2D eigenvalue weighted by Gasteiger charge is 2.67. The first kappa shape index (κ1) is 19.7. The first-order chi connectivity index (χ1) is 13.7. The van der Waals surface area contributed by atoms with Crippen LogP contribution in [0, 0.1) is 5.41 Å². The molecule has 1 N–H and O–H groups in total. The summed E-state index contributed by atoms with van der Waals surface area (Å²) in [5.74, 6) is -0.219. The van der Waals surface area contributed by atoms with Crippen molar-refractivity contribution in [3.63, 3.8) is 0 Å². The fourth-order valence-corrected chi connectivity index (χ4v) is 4.95. The number of anilines is 2. The average molecular weight is 416 g/mol. The third kappa shape index (κ3) is 3.46. The molecule has 4 rings (SSSR count). The van der Waals surface area contributed by atoms with E-state index in [4.69, 9.17) is 14.2 Å². The molecule has 2 aliphatic heterocycles. The Morgan fingerprint density at radius 1 is 1.10 bits per heavy atom. The van der Waals surface area contributed by atoms with Crippen LogP contribution < -0.4 is 10.1 Å². The maximum absolute atomic E-state index is 12.7. The number of thiazole rings is 1. The van der Waals surface area contributed by atoms with Crippen LogP contribution in [0.15, 0.2) is 29.6 Å². The Morgan fingerprint density at radius 2 is 1.79 bits per heavy atom. The summed E-state index contributed by atoms with van der Waals surface area (Å²) in [5.41, 5.74) is -1.39. The molecular weight excluding hydrogens is 392 g/mol. The quantitative estimate of drug-likeness (QED) is 0.578. The summed E-state index contributed by atoms with van der Waals surface area (Å²) >= 11 is 1.42. The van der Waals surface area contributed by atoms with Gasteiger partial charge in [-0.1, -0.05) is 0 Å². The van der Waals surface area contributed by atoms with Gasteiger partial charge in [0.2, 0.25) is 0 Å². The SMILES string of the molecule is CCOc1ccc(Nc2nc(C3(C)CC4(CC(C)(C)OC4=O)C(=O)O3)cs2)cc1. The Morgan fingerprint density at radius 3 is 2.41 bits per heavy atom. The Hall–Kier alpha value is -2.61. The number of hydrogen-bond acceptors (Lipinski definition) is 8. The van der Waals surface area contributed by atoms with Crippen molar-refractivity contribution in [1.82, 2.24) is 4.98 Å². The van der Waals surface area contributed by atoms with Gasteiger partial charge in [-0.3, -0.25) is 9.59 Å². The second-order valence-electron chi connectivity index (χ2n) is 8.33. The number of carbonyl (C=O) groups excluding carboxylic acids is 2. The predicted octanol–water partition coefficient (Wildman–Crippen LogP) is 4.16. The van der Waals surface area contributed by atoms with Gasteiger partial charge in [-0.2, -0.15) is 0 Å². The Labute approximate surface area is 173 Å². The van der Waals surface area contributed by atoms with Crippen molar-refractivity contribution in [2.24, 2.45) is 5.41 Å². The van der Waals surface area contributed by atoms with Gasteiger partial charge in [0.25, 0.3) is 0 Å². The fraction of sp³-hybridized carbons (Fsp3) is 0.476. The van der Waals surface area contributed by atoms with Crippen LogP contribution in [0.4, 0.5) is 10.8 Å². The molecule has 154 valence electrons. The fourth-order valence-electron chi connectivity index (χ4n) is 4.10. The molecule has 2 aliphatic rings. The van der Waals surface area contributed by atoms with E-state index in [1.807, 2.05) is 50.4 Å². The van der Waals surface area contributed by atoms with E-state index in [9.17, 15) is 9.59 Å². The van der Waals surface area contributed by atoms with Crippen LogP contribution in [0.2, 0.25) is 0 Å². The molecule has 8 heteroatoms. The van der Waals surface area contributed by atoms with Crippen molar-refractivity contribution < 1.29 is 23.8 Å². The summed E-state index contributed by atoms with van der Waals surface area (Å²) < 4.78 is 16.6. The van der Waals surface area contributed by atoms with Crippen molar-refractivity contribution in [1.29, 1.82) is 0 Å². The molecule has 29 heavy (non-hydrogen) atoms. The van der Waals surface area contributed by atoms with Gasteiger partial charge >= 0.3 is 11.9 Å². The first-order valence-electron chi connectivity index (χ1n) is 9.59. The molecule has 0 bridgehead atoms. The summed E-state index contributed by atoms with van der Waals surface area (Å²) in [6, 6.07) is 7.60. The number of hydrogen-bond donors (Lipinski definition) is 1. The second-order valence-corrected chi connectivity index (χ2v) is 9.18. The van der Waals surface area contributed by atoms with Gasteiger partial charge in [0, 0.05) is 23.9 Å². The van der Waals surface area contributed by atoms with Gasteiger partial charge in [-0.05, 0) is 52.0 Å². The van der Waals surface area contributed by atoms with Crippen molar-refractivity contribution in [3.05, 3.63) is 35.3 Å². The number of carbonyl (C=O) groups is 2. The van der Waals surface area contributed by atoms with Crippen LogP contribution in [-0.4, -0.2) is 29.1 Å². The summed E-state index contributed by atoms with van der Waals surface area (Å²) in [4.78, 5) is 29.8. The van der Waals surface area contributed by atoms with Crippen molar-refractivity contribution >= 4 is 34.1 Å². The molecule has 2 unspecified atom stereocenters. The molecule has 1 spiro atoms. The van der Waals surface area contributed by atoms with E-state index in [0.717, 1.165) is 11.4 Å². The smallest absolute Gasteiger partial charge is 0.324 e. The summed E-state index contributed by atoms with van der Waals surface area (Å²) in [6.07, 6.45) is 0.544. The molecule has 2 atom stereocenters. The average Bonchev–Trinajstić information content (AvgIpc) is 3.27. The minimum absolute atomic E-state index is 0.229. The number of aromatic nitrogens is 1. The molecule has 0 radical (unpaired) electrons. The van der Waals surface area contributed by atoms with Gasteiger partial charge in [0.1, 0.15) is 11.4 Å². The molecule has 2 aromatic rings. The van der Waals surface area contributed by atoms with Crippen LogP contribution in [0.25, 0.3) is 0 Å². The largest absolute Gasteiger partial charge is 0.494 e. The molecule has 7 nitrogen and oxygen atoms in total. The van der Waals surface area contributed by atoms with Crippen molar-refractivity contribution in [3.8, 4) is 5.75 Å². The molecule has 2 saturated heterocycles. The van der Waals surface area contributed by atoms with Crippen molar-refractivity contribution in [2.75, 3.05) is 11.9 Å². The van der Waals surface area contributed by atoms with E-state index in [1.54, 1.807) is 6.92 Å². The van der Waals surface area contributed by atoms with Crippen molar-refractivity contribution in [2.45, 2.75) is 51.7 Å². The summed E-state index contributed by atoms with van der Waals surface area (Å²) in [6.45, 7) is 7.98. The number of rotatable bonds is 5. The zero-order chi connectivity index (χ0) is 20.9. The number of benzene rings is 1. The lowest BCUT2D eigenvalue weighted by Gasteiger charge is -2.20. The lowest BCUT2D eigenvalue weighted by molar-refractivity contribution is -0.161. The third-order valence-corrected chi connectivity index (χ3v) is 6.06. The van der Waals surface area contributed by atoms with Crippen LogP contribution in [-0.2, 0) is 24.7 Å². The second kappa shape index (κ2) is 6.73.